The molecule has 0 atom stereocenters. The molecule has 14 heavy (non-hydrogen) atoms. The van der Waals surface area contributed by atoms with E-state index >= 15 is 0 Å². The van der Waals surface area contributed by atoms with Crippen LogP contribution >= 0.6 is 24.0 Å². The molecule has 1 nitrogen and oxygen atoms in total. The Bertz CT molecular complexity index is 479. The number of thiophene rings is 1. The summed E-state index contributed by atoms with van der Waals surface area (Å²) >= 11 is 5.42. The van der Waals surface area contributed by atoms with Gasteiger partial charge in [-0.2, -0.15) is 0 Å². The van der Waals surface area contributed by atoms with Gasteiger partial charge in [-0.05, 0) is 12.1 Å². The highest BCUT2D eigenvalue weighted by Gasteiger charge is 2.15. The fraction of sp³-hybridized carbons (Fsp3) is 0.111. The number of anilines is 1. The van der Waals surface area contributed by atoms with Gasteiger partial charge in [-0.3, -0.25) is 0 Å². The monoisotopic (exact) mass is 231 g/mol. The van der Waals surface area contributed by atoms with Crippen LogP contribution in [0.5, 0.6) is 0 Å². The average molecular weight is 231 g/mol. The van der Waals surface area contributed by atoms with E-state index in [0.29, 0.717) is 20.7 Å². The summed E-state index contributed by atoms with van der Waals surface area (Å²) < 4.78 is 25.7. The second kappa shape index (κ2) is 3.40. The number of alkyl halides is 2. The third kappa shape index (κ3) is 1.36. The first-order chi connectivity index (χ1) is 6.61. The van der Waals surface area contributed by atoms with Crippen LogP contribution in [0, 0.1) is 0 Å². The van der Waals surface area contributed by atoms with E-state index in [1.54, 1.807) is 5.38 Å². The minimum absolute atomic E-state index is 0.0273. The lowest BCUT2D eigenvalue weighted by atomic mass is 10.1. The highest BCUT2D eigenvalue weighted by Crippen LogP contribution is 2.38. The fourth-order valence-corrected chi connectivity index (χ4v) is 2.81. The number of thiol groups is 1. The summed E-state index contributed by atoms with van der Waals surface area (Å²) in [6.07, 6.45) is -2.47. The van der Waals surface area contributed by atoms with Crippen LogP contribution in [0.15, 0.2) is 22.4 Å². The van der Waals surface area contributed by atoms with Crippen molar-refractivity contribution in [3.63, 3.8) is 0 Å². The van der Waals surface area contributed by atoms with Crippen molar-refractivity contribution in [2.24, 2.45) is 0 Å². The van der Waals surface area contributed by atoms with Crippen LogP contribution in [-0.4, -0.2) is 0 Å². The summed E-state index contributed by atoms with van der Waals surface area (Å²) in [6, 6.07) is 2.86. The summed E-state index contributed by atoms with van der Waals surface area (Å²) in [4.78, 5) is 0.657. The molecule has 0 fully saturated rings. The standard InChI is InChI=1S/C9H7F2NS2/c10-9(11)4-1-2-5(12)7-6(13)3-14-8(4)7/h1-3,9,13H,12H2. The molecule has 74 valence electrons. The lowest BCUT2D eigenvalue weighted by Crippen LogP contribution is -1.89. The van der Waals surface area contributed by atoms with E-state index in [4.69, 9.17) is 5.73 Å². The van der Waals surface area contributed by atoms with Crippen LogP contribution < -0.4 is 5.73 Å². The van der Waals surface area contributed by atoms with E-state index in [-0.39, 0.29) is 5.56 Å². The van der Waals surface area contributed by atoms with E-state index in [1.807, 2.05) is 0 Å². The number of rotatable bonds is 1. The molecule has 1 aromatic heterocycles. The largest absolute Gasteiger partial charge is 0.398 e. The van der Waals surface area contributed by atoms with Gasteiger partial charge in [0.15, 0.2) is 0 Å². The van der Waals surface area contributed by atoms with Gasteiger partial charge in [0.05, 0.1) is 0 Å². The van der Waals surface area contributed by atoms with E-state index in [9.17, 15) is 8.78 Å². The molecule has 0 unspecified atom stereocenters. The third-order valence-corrected chi connectivity index (χ3v) is 3.56. The number of hydrogen-bond acceptors (Lipinski definition) is 3. The maximum Gasteiger partial charge on any atom is 0.265 e. The van der Waals surface area contributed by atoms with Crippen LogP contribution in [0.4, 0.5) is 14.5 Å². The maximum atomic E-state index is 12.6. The average Bonchev–Trinajstić information content (AvgIpc) is 2.49. The van der Waals surface area contributed by atoms with Crippen LogP contribution in [0.3, 0.4) is 0 Å². The lowest BCUT2D eigenvalue weighted by molar-refractivity contribution is 0.153. The fourth-order valence-electron chi connectivity index (χ4n) is 1.35. The molecule has 0 aliphatic rings. The molecule has 0 bridgehead atoms. The van der Waals surface area contributed by atoms with Gasteiger partial charge in [-0.25, -0.2) is 8.78 Å². The highest BCUT2D eigenvalue weighted by molar-refractivity contribution is 7.80. The third-order valence-electron chi connectivity index (χ3n) is 2.00. The Labute approximate surface area is 88.9 Å². The number of halogens is 2. The Morgan fingerprint density at radius 1 is 1.36 bits per heavy atom. The van der Waals surface area contributed by atoms with Gasteiger partial charge in [-0.1, -0.05) is 0 Å². The van der Waals surface area contributed by atoms with Gasteiger partial charge >= 0.3 is 0 Å². The minimum Gasteiger partial charge on any atom is -0.398 e. The number of benzene rings is 1. The van der Waals surface area contributed by atoms with E-state index in [1.165, 1.54) is 23.5 Å². The number of hydrogen-bond donors (Lipinski definition) is 2. The molecule has 0 saturated heterocycles. The number of fused-ring (bicyclic) bond motifs is 1. The Morgan fingerprint density at radius 2 is 2.07 bits per heavy atom. The lowest BCUT2D eigenvalue weighted by Gasteiger charge is -2.03. The van der Waals surface area contributed by atoms with Gasteiger partial charge in [0.2, 0.25) is 0 Å². The second-order valence-corrected chi connectivity index (χ2v) is 4.23. The second-order valence-electron chi connectivity index (χ2n) is 2.87. The summed E-state index contributed by atoms with van der Waals surface area (Å²) in [7, 11) is 0. The van der Waals surface area contributed by atoms with Gasteiger partial charge < -0.3 is 5.73 Å². The molecule has 1 aromatic carbocycles. The summed E-state index contributed by atoms with van der Waals surface area (Å²) in [5.74, 6) is 0. The molecular formula is C9H7F2NS2. The predicted octanol–water partition coefficient (Wildman–Crippen LogP) is 3.71. The van der Waals surface area contributed by atoms with E-state index < -0.39 is 6.43 Å². The molecule has 0 radical (unpaired) electrons. The van der Waals surface area contributed by atoms with Crippen LogP contribution in [0.2, 0.25) is 0 Å². The zero-order chi connectivity index (χ0) is 10.3. The predicted molar refractivity (Wildman–Crippen MR) is 58.4 cm³/mol. The smallest absolute Gasteiger partial charge is 0.265 e. The van der Waals surface area contributed by atoms with Gasteiger partial charge in [-0.15, -0.1) is 24.0 Å². The summed E-state index contributed by atoms with van der Waals surface area (Å²) in [6.45, 7) is 0. The molecule has 1 heterocycles. The summed E-state index contributed by atoms with van der Waals surface area (Å²) in [5.41, 5.74) is 6.21. The van der Waals surface area contributed by atoms with Crippen LogP contribution in [-0.2, 0) is 0 Å². The molecule has 5 heteroatoms. The Balaban J connectivity index is 2.83. The first-order valence-corrected chi connectivity index (χ1v) is 5.20. The Hall–Kier alpha value is -0.810. The molecule has 2 rings (SSSR count). The van der Waals surface area contributed by atoms with Crippen molar-refractivity contribution in [2.75, 3.05) is 5.73 Å². The van der Waals surface area contributed by atoms with E-state index in [2.05, 4.69) is 12.6 Å². The summed E-state index contributed by atoms with van der Waals surface area (Å²) in [5, 5.41) is 2.35. The molecule has 0 aliphatic heterocycles. The molecule has 2 aromatic rings. The van der Waals surface area contributed by atoms with Crippen molar-refractivity contribution >= 4 is 39.7 Å². The van der Waals surface area contributed by atoms with Crippen LogP contribution in [0.25, 0.3) is 10.1 Å². The van der Waals surface area contributed by atoms with Crippen LogP contribution in [0.1, 0.15) is 12.0 Å². The Kier molecular flexibility index (Phi) is 2.36. The maximum absolute atomic E-state index is 12.6. The number of nitrogens with two attached hydrogens (primary N) is 1. The normalized spacial score (nSPS) is 11.4. The molecular weight excluding hydrogens is 224 g/mol. The Morgan fingerprint density at radius 3 is 2.71 bits per heavy atom. The van der Waals surface area contributed by atoms with Crippen molar-refractivity contribution in [2.45, 2.75) is 11.3 Å². The molecule has 2 N–H and O–H groups in total. The molecule has 0 saturated carbocycles. The van der Waals surface area contributed by atoms with Gasteiger partial charge in [0, 0.05) is 31.6 Å². The van der Waals surface area contributed by atoms with Gasteiger partial charge in [0.25, 0.3) is 6.43 Å². The zero-order valence-electron chi connectivity index (χ0n) is 7.00. The van der Waals surface area contributed by atoms with Crippen molar-refractivity contribution in [3.05, 3.63) is 23.1 Å². The van der Waals surface area contributed by atoms with E-state index in [0.717, 1.165) is 0 Å². The topological polar surface area (TPSA) is 26.0 Å². The first-order valence-electron chi connectivity index (χ1n) is 3.88. The molecule has 0 aliphatic carbocycles. The van der Waals surface area contributed by atoms with Gasteiger partial charge in [0.1, 0.15) is 0 Å². The molecule has 0 amide bonds. The van der Waals surface area contributed by atoms with Crippen molar-refractivity contribution < 1.29 is 8.78 Å². The first kappa shape index (κ1) is 9.73. The quantitative estimate of drug-likeness (QED) is 0.568. The van der Waals surface area contributed by atoms with Crippen molar-refractivity contribution in [1.82, 2.24) is 0 Å². The minimum atomic E-state index is -2.47. The highest BCUT2D eigenvalue weighted by atomic mass is 32.1. The zero-order valence-corrected chi connectivity index (χ0v) is 8.71. The number of nitrogen functional groups attached to an aromatic ring is 1. The molecule has 0 spiro atoms. The van der Waals surface area contributed by atoms with Crippen molar-refractivity contribution in [1.29, 1.82) is 0 Å². The van der Waals surface area contributed by atoms with Crippen molar-refractivity contribution in [3.8, 4) is 0 Å². The SMILES string of the molecule is Nc1ccc(C(F)F)c2scc(S)c12.